The van der Waals surface area contributed by atoms with Gasteiger partial charge in [-0.25, -0.2) is 0 Å². The molecule has 0 atom stereocenters. The van der Waals surface area contributed by atoms with Crippen LogP contribution in [0.2, 0.25) is 0 Å². The largest absolute Gasteiger partial charge is 2.00 e. The van der Waals surface area contributed by atoms with Crippen LogP contribution in [0.5, 0.6) is 0 Å². The van der Waals surface area contributed by atoms with Crippen molar-refractivity contribution in [1.82, 2.24) is 4.90 Å². The minimum absolute atomic E-state index is 0. The molecule has 5 heteroatoms. The van der Waals surface area contributed by atoms with Gasteiger partial charge in [-0.05, 0) is 23.4 Å². The van der Waals surface area contributed by atoms with Crippen molar-refractivity contribution in [1.29, 1.82) is 0 Å². The van der Waals surface area contributed by atoms with Crippen LogP contribution >= 0.6 is 7.92 Å². The first-order valence-electron chi connectivity index (χ1n) is 8.61. The maximum absolute atomic E-state index is 7.50. The Bertz CT molecular complexity index is 484. The van der Waals surface area contributed by atoms with E-state index in [1.54, 1.807) is 0 Å². The molecular formula is C20H35N2OPRu. The molecule has 0 fully saturated rings. The van der Waals surface area contributed by atoms with Gasteiger partial charge in [-0.15, -0.1) is 11.4 Å². The molecule has 0 spiro atoms. The number of allylic oxidation sites excluding steroid dienone is 3. The summed E-state index contributed by atoms with van der Waals surface area (Å²) in [6.45, 7) is 26.1. The van der Waals surface area contributed by atoms with Crippen LogP contribution in [0.25, 0.3) is 5.32 Å². The summed E-state index contributed by atoms with van der Waals surface area (Å²) in [7, 11) is -0.260. The Morgan fingerprint density at radius 2 is 1.60 bits per heavy atom. The Balaban J connectivity index is -0.00000127. The molecule has 0 unspecified atom stereocenters. The van der Waals surface area contributed by atoms with Crippen LogP contribution in [0, 0.1) is 6.65 Å². The van der Waals surface area contributed by atoms with Gasteiger partial charge in [0.2, 0.25) is 0 Å². The van der Waals surface area contributed by atoms with Gasteiger partial charge in [0.1, 0.15) is 0 Å². The summed E-state index contributed by atoms with van der Waals surface area (Å²) < 4.78 is 7.50. The fraction of sp³-hybridized carbons (Fsp3) is 0.650. The predicted molar refractivity (Wildman–Crippen MR) is 108 cm³/mol. The second-order valence-electron chi connectivity index (χ2n) is 7.86. The molecule has 0 bridgehead atoms. The zero-order valence-corrected chi connectivity index (χ0v) is 19.7. The van der Waals surface area contributed by atoms with E-state index in [-0.39, 0.29) is 28.8 Å². The molecule has 0 amide bonds. The normalized spacial score (nSPS) is 16.0. The zero-order chi connectivity index (χ0) is 19.0. The maximum atomic E-state index is 7.50. The van der Waals surface area contributed by atoms with Gasteiger partial charge in [0.05, 0.1) is 0 Å². The van der Waals surface area contributed by atoms with Crippen LogP contribution < -0.4 is 0 Å². The topological polar surface area (TPSA) is 37.2 Å². The van der Waals surface area contributed by atoms with E-state index in [0.29, 0.717) is 10.3 Å². The first kappa shape index (κ1) is 27.0. The molecule has 0 N–H and O–H groups in total. The molecule has 0 aliphatic carbocycles. The summed E-state index contributed by atoms with van der Waals surface area (Å²) in [6, 6.07) is 0. The summed E-state index contributed by atoms with van der Waals surface area (Å²) in [5.41, 5.74) is 2.32. The van der Waals surface area contributed by atoms with Crippen molar-refractivity contribution in [3.8, 4) is 0 Å². The molecule has 25 heavy (non-hydrogen) atoms. The fourth-order valence-corrected chi connectivity index (χ4v) is 6.06. The Hall–Kier alpha value is -0.227. The van der Waals surface area contributed by atoms with Crippen molar-refractivity contribution in [2.45, 2.75) is 65.7 Å². The van der Waals surface area contributed by atoms with Crippen LogP contribution in [-0.4, -0.2) is 34.8 Å². The van der Waals surface area contributed by atoms with E-state index in [1.165, 1.54) is 5.70 Å². The fourth-order valence-electron chi connectivity index (χ4n) is 2.86. The summed E-state index contributed by atoms with van der Waals surface area (Å²) in [5, 5.41) is 5.49. The van der Waals surface area contributed by atoms with Gasteiger partial charge >= 0.3 is 30.8 Å². The van der Waals surface area contributed by atoms with Crippen molar-refractivity contribution in [3.05, 3.63) is 47.4 Å². The molecule has 1 aliphatic rings. The average Bonchev–Trinajstić information content (AvgIpc) is 2.50. The monoisotopic (exact) mass is 452 g/mol. The Labute approximate surface area is 171 Å². The molecule has 0 aromatic rings. The number of rotatable bonds is 5. The Morgan fingerprint density at radius 1 is 1.12 bits per heavy atom. The van der Waals surface area contributed by atoms with Crippen LogP contribution in [0.3, 0.4) is 0 Å². The van der Waals surface area contributed by atoms with Crippen LogP contribution in [0.4, 0.5) is 0 Å². The maximum Gasteiger partial charge on any atom is 2.00 e. The SMILES string of the molecule is CCN(CC)CC1=CC=C/C(=C\P(C(C)(C)C)C(C)(C)C)[N-]1.[C-]#[O+].[H-].[Ru+2]. The van der Waals surface area contributed by atoms with Crippen molar-refractivity contribution in [2.24, 2.45) is 0 Å². The van der Waals surface area contributed by atoms with Crippen molar-refractivity contribution in [2.75, 3.05) is 19.6 Å². The molecular weight excluding hydrogens is 416 g/mol. The number of nitrogens with zero attached hydrogens (tertiary/aromatic N) is 2. The van der Waals surface area contributed by atoms with E-state index < -0.39 is 0 Å². The third kappa shape index (κ3) is 9.88. The van der Waals surface area contributed by atoms with Gasteiger partial charge in [-0.3, -0.25) is 0 Å². The smallest absolute Gasteiger partial charge is 1.00 e. The van der Waals surface area contributed by atoms with Crippen LogP contribution in [-0.2, 0) is 24.1 Å². The molecule has 144 valence electrons. The molecule has 0 aromatic heterocycles. The molecule has 0 saturated heterocycles. The van der Waals surface area contributed by atoms with E-state index in [4.69, 9.17) is 9.97 Å². The Kier molecular flexibility index (Phi) is 13.2. The summed E-state index contributed by atoms with van der Waals surface area (Å²) in [4.78, 5) is 2.41. The van der Waals surface area contributed by atoms with Gasteiger partial charge in [0.25, 0.3) is 0 Å². The third-order valence-corrected chi connectivity index (χ3v) is 7.23. The van der Waals surface area contributed by atoms with E-state index in [2.05, 4.69) is 91.0 Å². The molecule has 1 aliphatic heterocycles. The minimum atomic E-state index is -0.260. The van der Waals surface area contributed by atoms with Gasteiger partial charge in [0, 0.05) is 6.54 Å². The zero-order valence-electron chi connectivity index (χ0n) is 18.0. The standard InChI is InChI=1S/C19H34N2P.CO.Ru.H/c1-9-21(10-2)14-16-12-11-13-17(20-16)15-22(18(3,4)5)19(6,7)8;1-2;;/h11-13,15H,9-10,14H2,1-8H3;;;/q-1;;+2;-1/b17-15+;;;. The second kappa shape index (κ2) is 12.2. The van der Waals surface area contributed by atoms with Crippen LogP contribution in [0.1, 0.15) is 56.8 Å². The molecule has 1 rings (SSSR count). The molecule has 0 aromatic carbocycles. The number of hydrogen-bond donors (Lipinski definition) is 0. The van der Waals surface area contributed by atoms with Gasteiger partial charge in [-0.2, -0.15) is 0 Å². The van der Waals surface area contributed by atoms with E-state index in [1.807, 2.05) is 0 Å². The van der Waals surface area contributed by atoms with Crippen molar-refractivity contribution < 1.29 is 25.6 Å². The van der Waals surface area contributed by atoms with Crippen molar-refractivity contribution >= 4 is 7.92 Å². The third-order valence-electron chi connectivity index (χ3n) is 3.82. The molecule has 0 saturated carbocycles. The Morgan fingerprint density at radius 3 is 2.00 bits per heavy atom. The number of hydrogen-bond acceptors (Lipinski definition) is 1. The van der Waals surface area contributed by atoms with E-state index >= 15 is 0 Å². The predicted octanol–water partition coefficient (Wildman–Crippen LogP) is 6.15. The van der Waals surface area contributed by atoms with Gasteiger partial charge in [0.15, 0.2) is 0 Å². The average molecular weight is 452 g/mol. The van der Waals surface area contributed by atoms with Gasteiger partial charge < -0.3 is 11.6 Å². The molecule has 1 heterocycles. The quantitative estimate of drug-likeness (QED) is 0.214. The summed E-state index contributed by atoms with van der Waals surface area (Å²) in [5.74, 6) is 2.43. The molecule has 3 nitrogen and oxygen atoms in total. The van der Waals surface area contributed by atoms with Crippen molar-refractivity contribution in [3.63, 3.8) is 0 Å². The second-order valence-corrected chi connectivity index (χ2v) is 11.5. The summed E-state index contributed by atoms with van der Waals surface area (Å²) >= 11 is 0. The summed E-state index contributed by atoms with van der Waals surface area (Å²) in [6.07, 6.45) is 6.45. The van der Waals surface area contributed by atoms with E-state index in [0.717, 1.165) is 25.3 Å². The van der Waals surface area contributed by atoms with E-state index in [9.17, 15) is 0 Å². The first-order valence-corrected chi connectivity index (χ1v) is 10.0. The number of likely N-dealkylation sites (N-methyl/N-ethyl adjacent to an activating group) is 1. The van der Waals surface area contributed by atoms with Crippen LogP contribution in [0.15, 0.2) is 35.4 Å². The van der Waals surface area contributed by atoms with Gasteiger partial charge in [-0.1, -0.05) is 87.4 Å². The molecule has 0 radical (unpaired) electrons. The minimum Gasteiger partial charge on any atom is -1.00 e. The first-order chi connectivity index (χ1) is 11.1.